The number of para-hydroxylation sites is 2. The lowest BCUT2D eigenvalue weighted by atomic mass is 9.77. The lowest BCUT2D eigenvalue weighted by Crippen LogP contribution is -2.53. The smallest absolute Gasteiger partial charge is 0.211 e. The molecule has 0 N–H and O–H groups in total. The summed E-state index contributed by atoms with van der Waals surface area (Å²) in [6.07, 6.45) is 1.84. The van der Waals surface area contributed by atoms with Crippen LogP contribution in [0, 0.1) is 16.0 Å². The molecule has 0 amide bonds. The second-order valence-corrected chi connectivity index (χ2v) is 6.50. The Bertz CT molecular complexity index is 734. The maximum Gasteiger partial charge on any atom is 0.211 e. The molecule has 2 aliphatic heterocycles. The van der Waals surface area contributed by atoms with Gasteiger partial charge < -0.3 is 9.64 Å². The van der Waals surface area contributed by atoms with Crippen molar-refractivity contribution < 1.29 is 9.66 Å². The third kappa shape index (κ3) is 2.60. The summed E-state index contributed by atoms with van der Waals surface area (Å²) in [5.41, 5.74) is 2.09. The summed E-state index contributed by atoms with van der Waals surface area (Å²) < 4.78 is 6.32. The van der Waals surface area contributed by atoms with Gasteiger partial charge in [-0.05, 0) is 31.0 Å². The van der Waals surface area contributed by atoms with Crippen LogP contribution in [-0.4, -0.2) is 24.2 Å². The molecule has 3 atom stereocenters. The number of ether oxygens (including phenoxy) is 1. The first-order valence-electron chi connectivity index (χ1n) is 8.43. The van der Waals surface area contributed by atoms with Gasteiger partial charge in [0.1, 0.15) is 5.75 Å². The van der Waals surface area contributed by atoms with Gasteiger partial charge >= 0.3 is 0 Å². The van der Waals surface area contributed by atoms with Crippen LogP contribution in [0.3, 0.4) is 0 Å². The molecule has 4 rings (SSSR count). The average Bonchev–Trinajstić information content (AvgIpc) is 2.61. The fourth-order valence-electron chi connectivity index (χ4n) is 4.09. The quantitative estimate of drug-likeness (QED) is 0.638. The van der Waals surface area contributed by atoms with Crippen molar-refractivity contribution in [2.45, 2.75) is 25.0 Å². The predicted molar refractivity (Wildman–Crippen MR) is 92.0 cm³/mol. The molecule has 5 nitrogen and oxygen atoms in total. The monoisotopic (exact) mass is 324 g/mol. The van der Waals surface area contributed by atoms with Crippen molar-refractivity contribution in [3.05, 3.63) is 70.3 Å². The lowest BCUT2D eigenvalue weighted by Gasteiger charge is -2.47. The summed E-state index contributed by atoms with van der Waals surface area (Å²) >= 11 is 0. The van der Waals surface area contributed by atoms with Crippen molar-refractivity contribution in [3.63, 3.8) is 0 Å². The number of hydrogen-bond acceptors (Lipinski definition) is 4. The Balaban J connectivity index is 1.74. The topological polar surface area (TPSA) is 55.6 Å². The number of benzene rings is 2. The molecule has 1 saturated heterocycles. The lowest BCUT2D eigenvalue weighted by molar-refractivity contribution is -0.485. The van der Waals surface area contributed by atoms with E-state index in [1.165, 1.54) is 0 Å². The van der Waals surface area contributed by atoms with Gasteiger partial charge in [0.05, 0.1) is 5.92 Å². The number of nitro groups is 1. The van der Waals surface area contributed by atoms with Gasteiger partial charge in [0.15, 0.2) is 6.23 Å². The molecular weight excluding hydrogens is 304 g/mol. The van der Waals surface area contributed by atoms with Crippen LogP contribution in [0.15, 0.2) is 54.6 Å². The van der Waals surface area contributed by atoms with Crippen LogP contribution >= 0.6 is 0 Å². The minimum absolute atomic E-state index is 0.0375. The zero-order valence-electron chi connectivity index (χ0n) is 13.4. The number of rotatable bonds is 3. The van der Waals surface area contributed by atoms with E-state index in [4.69, 9.17) is 4.74 Å². The fraction of sp³-hybridized carbons (Fsp3) is 0.368. The molecule has 5 heteroatoms. The van der Waals surface area contributed by atoms with Gasteiger partial charge in [0.2, 0.25) is 6.54 Å². The first-order chi connectivity index (χ1) is 11.7. The van der Waals surface area contributed by atoms with E-state index in [0.717, 1.165) is 36.4 Å². The number of hydrogen-bond donors (Lipinski definition) is 0. The summed E-state index contributed by atoms with van der Waals surface area (Å²) in [6.45, 7) is 0.878. The highest BCUT2D eigenvalue weighted by atomic mass is 16.6. The van der Waals surface area contributed by atoms with Crippen LogP contribution in [0.5, 0.6) is 5.75 Å². The molecule has 0 bridgehead atoms. The largest absolute Gasteiger partial charge is 0.470 e. The Morgan fingerprint density at radius 1 is 1.12 bits per heavy atom. The molecule has 0 aliphatic carbocycles. The Kier molecular flexibility index (Phi) is 3.84. The fourth-order valence-corrected chi connectivity index (χ4v) is 4.09. The van der Waals surface area contributed by atoms with Crippen LogP contribution in [-0.2, 0) is 0 Å². The molecule has 1 fully saturated rings. The maximum atomic E-state index is 11.3. The molecule has 0 saturated carbocycles. The minimum Gasteiger partial charge on any atom is -0.470 e. The molecule has 2 aliphatic rings. The van der Waals surface area contributed by atoms with E-state index in [2.05, 4.69) is 17.0 Å². The van der Waals surface area contributed by atoms with Gasteiger partial charge in [-0.15, -0.1) is 0 Å². The van der Waals surface area contributed by atoms with Crippen molar-refractivity contribution in [3.8, 4) is 5.75 Å². The summed E-state index contributed by atoms with van der Waals surface area (Å²) in [4.78, 5) is 13.3. The van der Waals surface area contributed by atoms with E-state index in [0.29, 0.717) is 0 Å². The molecule has 2 heterocycles. The summed E-state index contributed by atoms with van der Waals surface area (Å²) in [5, 5.41) is 11.3. The highest BCUT2D eigenvalue weighted by molar-refractivity contribution is 5.49. The van der Waals surface area contributed by atoms with Gasteiger partial charge in [0.25, 0.3) is 0 Å². The standard InChI is InChI=1S/C19H20N2O3/c22-21(23)13-17-15-9-4-5-11-18(15)24-19-16(17)10-6-12-20(19)14-7-2-1-3-8-14/h1-5,7-9,11,16-17,19H,6,10,12-13H2. The van der Waals surface area contributed by atoms with Crippen molar-refractivity contribution >= 4 is 5.69 Å². The minimum atomic E-state index is -0.189. The van der Waals surface area contributed by atoms with Crippen molar-refractivity contribution in [2.75, 3.05) is 18.0 Å². The van der Waals surface area contributed by atoms with Gasteiger partial charge in [-0.1, -0.05) is 36.4 Å². The Hall–Kier alpha value is -2.56. The number of anilines is 1. The second-order valence-electron chi connectivity index (χ2n) is 6.50. The Labute approximate surface area is 141 Å². The molecule has 0 radical (unpaired) electrons. The third-order valence-electron chi connectivity index (χ3n) is 5.13. The van der Waals surface area contributed by atoms with Crippen molar-refractivity contribution in [1.82, 2.24) is 0 Å². The normalized spacial score (nSPS) is 25.3. The van der Waals surface area contributed by atoms with Crippen LogP contribution in [0.2, 0.25) is 0 Å². The first-order valence-corrected chi connectivity index (χ1v) is 8.43. The van der Waals surface area contributed by atoms with E-state index in [-0.39, 0.29) is 29.5 Å². The average molecular weight is 324 g/mol. The van der Waals surface area contributed by atoms with Crippen LogP contribution in [0.1, 0.15) is 24.3 Å². The second kappa shape index (κ2) is 6.15. The van der Waals surface area contributed by atoms with Crippen LogP contribution in [0.25, 0.3) is 0 Å². The van der Waals surface area contributed by atoms with Gasteiger partial charge in [-0.3, -0.25) is 10.1 Å². The molecule has 2 aromatic carbocycles. The van der Waals surface area contributed by atoms with E-state index in [1.807, 2.05) is 42.5 Å². The molecule has 3 unspecified atom stereocenters. The van der Waals surface area contributed by atoms with Gasteiger partial charge in [0, 0.05) is 28.6 Å². The zero-order valence-corrected chi connectivity index (χ0v) is 13.4. The van der Waals surface area contributed by atoms with E-state index in [1.54, 1.807) is 0 Å². The van der Waals surface area contributed by atoms with E-state index in [9.17, 15) is 10.1 Å². The molecule has 2 aromatic rings. The summed E-state index contributed by atoms with van der Waals surface area (Å²) in [5.74, 6) is 0.828. The number of piperidine rings is 1. The highest BCUT2D eigenvalue weighted by Crippen LogP contribution is 2.45. The maximum absolute atomic E-state index is 11.3. The summed E-state index contributed by atoms with van der Waals surface area (Å²) in [7, 11) is 0. The molecule has 0 aromatic heterocycles. The van der Waals surface area contributed by atoms with E-state index < -0.39 is 0 Å². The zero-order chi connectivity index (χ0) is 16.5. The van der Waals surface area contributed by atoms with E-state index >= 15 is 0 Å². The van der Waals surface area contributed by atoms with Gasteiger partial charge in [-0.25, -0.2) is 0 Å². The molecule has 0 spiro atoms. The SMILES string of the molecule is O=[N+]([O-])CC1c2ccccc2OC2C1CCCN2c1ccccc1. The molecule has 24 heavy (non-hydrogen) atoms. The molecule has 124 valence electrons. The van der Waals surface area contributed by atoms with Crippen molar-refractivity contribution in [2.24, 2.45) is 5.92 Å². The highest BCUT2D eigenvalue weighted by Gasteiger charge is 2.45. The summed E-state index contributed by atoms with van der Waals surface area (Å²) in [6, 6.07) is 18.0. The van der Waals surface area contributed by atoms with Crippen LogP contribution < -0.4 is 9.64 Å². The number of fused-ring (bicyclic) bond motifs is 2. The molecular formula is C19H20N2O3. The van der Waals surface area contributed by atoms with Gasteiger partial charge in [-0.2, -0.15) is 0 Å². The van der Waals surface area contributed by atoms with Crippen LogP contribution in [0.4, 0.5) is 5.69 Å². The van der Waals surface area contributed by atoms with Crippen molar-refractivity contribution in [1.29, 1.82) is 0 Å². The number of nitrogens with zero attached hydrogens (tertiary/aromatic N) is 2. The Morgan fingerprint density at radius 2 is 1.88 bits per heavy atom. The third-order valence-corrected chi connectivity index (χ3v) is 5.13. The predicted octanol–water partition coefficient (Wildman–Crippen LogP) is 3.68. The first kappa shape index (κ1) is 15.0. The Morgan fingerprint density at radius 3 is 2.67 bits per heavy atom.